The molecule has 0 N–H and O–H groups in total. The van der Waals surface area contributed by atoms with Gasteiger partial charge in [-0.05, 0) is 23.8 Å². The lowest BCUT2D eigenvalue weighted by Crippen LogP contribution is -2.21. The Morgan fingerprint density at radius 3 is 2.67 bits per heavy atom. The SMILES string of the molecule is O=c1ncccn1Cc1ccc(Cl)cc1. The first-order valence-electron chi connectivity index (χ1n) is 4.51. The van der Waals surface area contributed by atoms with Gasteiger partial charge in [0.25, 0.3) is 0 Å². The quantitative estimate of drug-likeness (QED) is 0.776. The van der Waals surface area contributed by atoms with Gasteiger partial charge in [0.15, 0.2) is 0 Å². The third kappa shape index (κ3) is 2.44. The van der Waals surface area contributed by atoms with Crippen molar-refractivity contribution in [2.45, 2.75) is 6.54 Å². The molecular formula is C11H9ClN2O. The van der Waals surface area contributed by atoms with E-state index in [0.717, 1.165) is 5.56 Å². The molecule has 0 fully saturated rings. The lowest BCUT2D eigenvalue weighted by atomic mass is 10.2. The van der Waals surface area contributed by atoms with Crippen molar-refractivity contribution in [3.8, 4) is 0 Å². The van der Waals surface area contributed by atoms with Crippen LogP contribution in [-0.2, 0) is 6.54 Å². The van der Waals surface area contributed by atoms with Gasteiger partial charge in [-0.1, -0.05) is 23.7 Å². The molecule has 0 bridgehead atoms. The van der Waals surface area contributed by atoms with E-state index in [-0.39, 0.29) is 5.69 Å². The lowest BCUT2D eigenvalue weighted by Gasteiger charge is -2.03. The van der Waals surface area contributed by atoms with Crippen LogP contribution < -0.4 is 5.69 Å². The predicted octanol–water partition coefficient (Wildman–Crippen LogP) is 1.95. The standard InChI is InChI=1S/C11H9ClN2O/c12-10-4-2-9(3-5-10)8-14-7-1-6-13-11(14)15/h1-7H,8H2. The molecule has 76 valence electrons. The van der Waals surface area contributed by atoms with Crippen LogP contribution in [0.15, 0.2) is 47.5 Å². The molecule has 1 aromatic carbocycles. The zero-order valence-corrected chi connectivity index (χ0v) is 8.69. The highest BCUT2D eigenvalue weighted by Gasteiger charge is 1.97. The molecule has 1 aromatic heterocycles. The van der Waals surface area contributed by atoms with Gasteiger partial charge in [-0.25, -0.2) is 9.78 Å². The van der Waals surface area contributed by atoms with E-state index in [2.05, 4.69) is 4.98 Å². The van der Waals surface area contributed by atoms with Crippen LogP contribution in [0.5, 0.6) is 0 Å². The van der Waals surface area contributed by atoms with Gasteiger partial charge in [0.1, 0.15) is 0 Å². The largest absolute Gasteiger partial charge is 0.347 e. The van der Waals surface area contributed by atoms with Crippen LogP contribution in [0, 0.1) is 0 Å². The Bertz CT molecular complexity index is 504. The molecule has 0 saturated carbocycles. The molecule has 0 aliphatic rings. The van der Waals surface area contributed by atoms with Crippen molar-refractivity contribution in [2.24, 2.45) is 0 Å². The molecule has 0 amide bonds. The number of nitrogens with zero attached hydrogens (tertiary/aromatic N) is 2. The zero-order valence-electron chi connectivity index (χ0n) is 7.93. The summed E-state index contributed by atoms with van der Waals surface area (Å²) in [4.78, 5) is 15.0. The van der Waals surface area contributed by atoms with E-state index in [0.29, 0.717) is 11.6 Å². The van der Waals surface area contributed by atoms with Gasteiger partial charge in [0, 0.05) is 17.4 Å². The average molecular weight is 221 g/mol. The van der Waals surface area contributed by atoms with E-state index in [9.17, 15) is 4.79 Å². The van der Waals surface area contributed by atoms with Crippen LogP contribution in [0.25, 0.3) is 0 Å². The normalized spacial score (nSPS) is 10.2. The zero-order chi connectivity index (χ0) is 10.7. The Labute approximate surface area is 92.0 Å². The van der Waals surface area contributed by atoms with E-state index < -0.39 is 0 Å². The molecule has 2 rings (SSSR count). The molecule has 2 aromatic rings. The monoisotopic (exact) mass is 220 g/mol. The van der Waals surface area contributed by atoms with E-state index in [4.69, 9.17) is 11.6 Å². The molecule has 0 aliphatic carbocycles. The minimum atomic E-state index is -0.243. The second kappa shape index (κ2) is 4.28. The Hall–Kier alpha value is -1.61. The Kier molecular flexibility index (Phi) is 2.83. The van der Waals surface area contributed by atoms with Crippen LogP contribution in [0.2, 0.25) is 5.02 Å². The van der Waals surface area contributed by atoms with Crippen molar-refractivity contribution < 1.29 is 0 Å². The van der Waals surface area contributed by atoms with Crippen molar-refractivity contribution in [3.63, 3.8) is 0 Å². The third-order valence-electron chi connectivity index (χ3n) is 2.05. The molecular weight excluding hydrogens is 212 g/mol. The lowest BCUT2D eigenvalue weighted by molar-refractivity contribution is 0.727. The number of hydrogen-bond donors (Lipinski definition) is 0. The molecule has 0 unspecified atom stereocenters. The average Bonchev–Trinajstić information content (AvgIpc) is 2.25. The van der Waals surface area contributed by atoms with Crippen LogP contribution >= 0.6 is 11.6 Å². The highest BCUT2D eigenvalue weighted by atomic mass is 35.5. The van der Waals surface area contributed by atoms with Crippen LogP contribution in [0.1, 0.15) is 5.56 Å². The molecule has 1 heterocycles. The van der Waals surface area contributed by atoms with Crippen molar-refractivity contribution in [1.82, 2.24) is 9.55 Å². The van der Waals surface area contributed by atoms with E-state index in [1.54, 1.807) is 29.0 Å². The summed E-state index contributed by atoms with van der Waals surface area (Å²) in [7, 11) is 0. The Balaban J connectivity index is 2.26. The number of rotatable bonds is 2. The van der Waals surface area contributed by atoms with E-state index in [1.807, 2.05) is 12.1 Å². The summed E-state index contributed by atoms with van der Waals surface area (Å²) in [5.74, 6) is 0. The maximum absolute atomic E-state index is 11.3. The second-order valence-corrected chi connectivity index (χ2v) is 3.59. The number of benzene rings is 1. The van der Waals surface area contributed by atoms with E-state index >= 15 is 0 Å². The maximum Gasteiger partial charge on any atom is 0.347 e. The maximum atomic E-state index is 11.3. The highest BCUT2D eigenvalue weighted by molar-refractivity contribution is 6.30. The summed E-state index contributed by atoms with van der Waals surface area (Å²) in [6, 6.07) is 9.12. The molecule has 4 heteroatoms. The summed E-state index contributed by atoms with van der Waals surface area (Å²) in [5, 5.41) is 0.692. The minimum Gasteiger partial charge on any atom is -0.295 e. The van der Waals surface area contributed by atoms with Gasteiger partial charge in [0.2, 0.25) is 0 Å². The fourth-order valence-electron chi connectivity index (χ4n) is 1.29. The highest BCUT2D eigenvalue weighted by Crippen LogP contribution is 2.09. The summed E-state index contributed by atoms with van der Waals surface area (Å²) in [6.07, 6.45) is 3.20. The van der Waals surface area contributed by atoms with Crippen LogP contribution in [0.3, 0.4) is 0 Å². The first-order valence-corrected chi connectivity index (χ1v) is 4.89. The smallest absolute Gasteiger partial charge is 0.295 e. The molecule has 0 saturated heterocycles. The molecule has 3 nitrogen and oxygen atoms in total. The van der Waals surface area contributed by atoms with Crippen molar-refractivity contribution in [1.29, 1.82) is 0 Å². The molecule has 0 spiro atoms. The van der Waals surface area contributed by atoms with Gasteiger partial charge >= 0.3 is 5.69 Å². The molecule has 0 radical (unpaired) electrons. The molecule has 15 heavy (non-hydrogen) atoms. The Morgan fingerprint density at radius 2 is 2.00 bits per heavy atom. The van der Waals surface area contributed by atoms with Crippen LogP contribution in [0.4, 0.5) is 0 Å². The predicted molar refractivity (Wildman–Crippen MR) is 59.1 cm³/mol. The Morgan fingerprint density at radius 1 is 1.27 bits per heavy atom. The van der Waals surface area contributed by atoms with E-state index in [1.165, 1.54) is 6.20 Å². The number of hydrogen-bond acceptors (Lipinski definition) is 2. The first-order chi connectivity index (χ1) is 7.25. The van der Waals surface area contributed by atoms with Gasteiger partial charge in [-0.2, -0.15) is 0 Å². The summed E-state index contributed by atoms with van der Waals surface area (Å²) < 4.78 is 1.54. The van der Waals surface area contributed by atoms with Crippen LogP contribution in [-0.4, -0.2) is 9.55 Å². The van der Waals surface area contributed by atoms with Gasteiger partial charge in [-0.3, -0.25) is 4.57 Å². The molecule has 0 aliphatic heterocycles. The van der Waals surface area contributed by atoms with Gasteiger partial charge in [0.05, 0.1) is 6.54 Å². The fourth-order valence-corrected chi connectivity index (χ4v) is 1.42. The van der Waals surface area contributed by atoms with Crippen molar-refractivity contribution >= 4 is 11.6 Å². The van der Waals surface area contributed by atoms with Gasteiger partial charge in [-0.15, -0.1) is 0 Å². The first kappa shape index (κ1) is 9.93. The molecule has 0 atom stereocenters. The van der Waals surface area contributed by atoms with Crippen molar-refractivity contribution in [2.75, 3.05) is 0 Å². The number of aromatic nitrogens is 2. The third-order valence-corrected chi connectivity index (χ3v) is 2.30. The minimum absolute atomic E-state index is 0.243. The van der Waals surface area contributed by atoms with Gasteiger partial charge < -0.3 is 0 Å². The summed E-state index contributed by atoms with van der Waals surface area (Å²) >= 11 is 5.77. The van der Waals surface area contributed by atoms with Crippen molar-refractivity contribution in [3.05, 3.63) is 63.8 Å². The fraction of sp³-hybridized carbons (Fsp3) is 0.0909. The summed E-state index contributed by atoms with van der Waals surface area (Å²) in [5.41, 5.74) is 0.780. The number of halogens is 1. The topological polar surface area (TPSA) is 34.9 Å². The summed E-state index contributed by atoms with van der Waals surface area (Å²) in [6.45, 7) is 0.518. The second-order valence-electron chi connectivity index (χ2n) is 3.16.